The van der Waals surface area contributed by atoms with Gasteiger partial charge in [-0.3, -0.25) is 0 Å². The molecule has 0 bridgehead atoms. The number of rotatable bonds is 2. The quantitative estimate of drug-likeness (QED) is 0.899. The Morgan fingerprint density at radius 2 is 1.94 bits per heavy atom. The maximum atomic E-state index is 12.5. The van der Waals surface area contributed by atoms with Gasteiger partial charge in [0.1, 0.15) is 0 Å². The van der Waals surface area contributed by atoms with Gasteiger partial charge in [0.25, 0.3) is 0 Å². The number of piperidine rings is 1. The average Bonchev–Trinajstić information content (AvgIpc) is 2.32. The maximum Gasteiger partial charge on any atom is 0.243 e. The van der Waals surface area contributed by atoms with Gasteiger partial charge in [0.15, 0.2) is 0 Å². The standard InChI is InChI=1S/C12H17BrN2O2S/c1-9-2-3-10(13)8-12(9)18(16,17)15-6-4-11(14)5-7-15/h2-3,8,11H,4-7,14H2,1H3. The van der Waals surface area contributed by atoms with Crippen LogP contribution in [-0.2, 0) is 10.0 Å². The fraction of sp³-hybridized carbons (Fsp3) is 0.500. The largest absolute Gasteiger partial charge is 0.328 e. The van der Waals surface area contributed by atoms with Gasteiger partial charge in [-0.1, -0.05) is 22.0 Å². The van der Waals surface area contributed by atoms with E-state index in [9.17, 15) is 8.42 Å². The van der Waals surface area contributed by atoms with E-state index >= 15 is 0 Å². The van der Waals surface area contributed by atoms with E-state index in [1.165, 1.54) is 4.31 Å². The number of nitrogens with zero attached hydrogens (tertiary/aromatic N) is 1. The van der Waals surface area contributed by atoms with E-state index in [-0.39, 0.29) is 6.04 Å². The minimum atomic E-state index is -3.39. The van der Waals surface area contributed by atoms with Gasteiger partial charge in [-0.25, -0.2) is 8.42 Å². The molecule has 18 heavy (non-hydrogen) atoms. The van der Waals surface area contributed by atoms with Crippen molar-refractivity contribution in [3.05, 3.63) is 28.2 Å². The third-order valence-corrected chi connectivity index (χ3v) is 5.80. The molecule has 4 nitrogen and oxygen atoms in total. The molecule has 1 aliphatic heterocycles. The van der Waals surface area contributed by atoms with E-state index in [0.717, 1.165) is 22.9 Å². The molecule has 1 saturated heterocycles. The van der Waals surface area contributed by atoms with Crippen molar-refractivity contribution in [3.63, 3.8) is 0 Å². The first kappa shape index (κ1) is 14.0. The Bertz CT molecular complexity index is 537. The summed E-state index contributed by atoms with van der Waals surface area (Å²) >= 11 is 3.32. The topological polar surface area (TPSA) is 63.4 Å². The van der Waals surface area contributed by atoms with Crippen molar-refractivity contribution in [3.8, 4) is 0 Å². The Hall–Kier alpha value is -0.430. The van der Waals surface area contributed by atoms with Crippen LogP contribution >= 0.6 is 15.9 Å². The van der Waals surface area contributed by atoms with Crippen LogP contribution in [0.5, 0.6) is 0 Å². The first-order valence-electron chi connectivity index (χ1n) is 5.93. The smallest absolute Gasteiger partial charge is 0.243 e. The first-order valence-corrected chi connectivity index (χ1v) is 8.16. The van der Waals surface area contributed by atoms with Gasteiger partial charge in [-0.05, 0) is 37.5 Å². The molecular formula is C12H17BrN2O2S. The second-order valence-corrected chi connectivity index (χ2v) is 7.47. The lowest BCUT2D eigenvalue weighted by Gasteiger charge is -2.29. The van der Waals surface area contributed by atoms with Crippen LogP contribution in [0.3, 0.4) is 0 Å². The Morgan fingerprint density at radius 3 is 2.56 bits per heavy atom. The molecule has 1 aromatic carbocycles. The van der Waals surface area contributed by atoms with Crippen molar-refractivity contribution in [2.45, 2.75) is 30.7 Å². The maximum absolute atomic E-state index is 12.5. The van der Waals surface area contributed by atoms with Gasteiger partial charge >= 0.3 is 0 Å². The summed E-state index contributed by atoms with van der Waals surface area (Å²) in [5, 5.41) is 0. The predicted octanol–water partition coefficient (Wildman–Crippen LogP) is 1.87. The number of nitrogens with two attached hydrogens (primary N) is 1. The fourth-order valence-electron chi connectivity index (χ4n) is 2.11. The molecule has 1 heterocycles. The van der Waals surface area contributed by atoms with Gasteiger partial charge in [0.05, 0.1) is 4.90 Å². The van der Waals surface area contributed by atoms with E-state index in [1.54, 1.807) is 6.07 Å². The number of benzene rings is 1. The van der Waals surface area contributed by atoms with Crippen LogP contribution in [-0.4, -0.2) is 31.9 Å². The van der Waals surface area contributed by atoms with Crippen molar-refractivity contribution >= 4 is 26.0 Å². The average molecular weight is 333 g/mol. The van der Waals surface area contributed by atoms with E-state index in [0.29, 0.717) is 18.0 Å². The zero-order chi connectivity index (χ0) is 13.3. The van der Waals surface area contributed by atoms with Crippen LogP contribution in [0.4, 0.5) is 0 Å². The minimum Gasteiger partial charge on any atom is -0.328 e. The third-order valence-electron chi connectivity index (χ3n) is 3.27. The molecule has 0 aliphatic carbocycles. The number of halogens is 1. The normalized spacial score (nSPS) is 19.1. The van der Waals surface area contributed by atoms with Crippen LogP contribution in [0.1, 0.15) is 18.4 Å². The molecule has 0 unspecified atom stereocenters. The molecule has 2 rings (SSSR count). The monoisotopic (exact) mass is 332 g/mol. The zero-order valence-corrected chi connectivity index (χ0v) is 12.7. The van der Waals surface area contributed by atoms with Crippen LogP contribution in [0, 0.1) is 6.92 Å². The van der Waals surface area contributed by atoms with Gasteiger partial charge in [0, 0.05) is 23.6 Å². The number of aryl methyl sites for hydroxylation is 1. The van der Waals surface area contributed by atoms with E-state index in [2.05, 4.69) is 15.9 Å². The Labute approximate surface area is 116 Å². The highest BCUT2D eigenvalue weighted by atomic mass is 79.9. The van der Waals surface area contributed by atoms with Crippen molar-refractivity contribution < 1.29 is 8.42 Å². The SMILES string of the molecule is Cc1ccc(Br)cc1S(=O)(=O)N1CCC(N)CC1. The fourth-order valence-corrected chi connectivity index (χ4v) is 4.34. The van der Waals surface area contributed by atoms with Crippen molar-refractivity contribution in [2.75, 3.05) is 13.1 Å². The van der Waals surface area contributed by atoms with Gasteiger partial charge in [-0.15, -0.1) is 0 Å². The summed E-state index contributed by atoms with van der Waals surface area (Å²) in [6.07, 6.45) is 1.46. The molecule has 100 valence electrons. The second kappa shape index (κ2) is 5.28. The lowest BCUT2D eigenvalue weighted by Crippen LogP contribution is -2.42. The molecule has 0 aromatic heterocycles. The Kier molecular flexibility index (Phi) is 4.11. The van der Waals surface area contributed by atoms with Crippen LogP contribution in [0.25, 0.3) is 0 Å². The summed E-state index contributed by atoms with van der Waals surface area (Å²) < 4.78 is 27.4. The van der Waals surface area contributed by atoms with E-state index < -0.39 is 10.0 Å². The van der Waals surface area contributed by atoms with Gasteiger partial charge in [-0.2, -0.15) is 4.31 Å². The van der Waals surface area contributed by atoms with Crippen molar-refractivity contribution in [1.29, 1.82) is 0 Å². The van der Waals surface area contributed by atoms with Crippen molar-refractivity contribution in [2.24, 2.45) is 5.73 Å². The summed E-state index contributed by atoms with van der Waals surface area (Å²) in [7, 11) is -3.39. The van der Waals surface area contributed by atoms with Crippen molar-refractivity contribution in [1.82, 2.24) is 4.31 Å². The highest BCUT2D eigenvalue weighted by Crippen LogP contribution is 2.25. The molecule has 6 heteroatoms. The predicted molar refractivity (Wildman–Crippen MR) is 74.8 cm³/mol. The summed E-state index contributed by atoms with van der Waals surface area (Å²) in [6, 6.07) is 5.45. The Morgan fingerprint density at radius 1 is 1.33 bits per heavy atom. The zero-order valence-electron chi connectivity index (χ0n) is 10.3. The number of hydrogen-bond acceptors (Lipinski definition) is 3. The Balaban J connectivity index is 2.33. The molecule has 0 amide bonds. The van der Waals surface area contributed by atoms with Gasteiger partial charge < -0.3 is 5.73 Å². The molecule has 1 aromatic rings. The number of sulfonamides is 1. The molecule has 1 fully saturated rings. The molecule has 0 spiro atoms. The summed E-state index contributed by atoms with van der Waals surface area (Å²) in [6.45, 7) is 2.83. The summed E-state index contributed by atoms with van der Waals surface area (Å²) in [4.78, 5) is 0.382. The molecular weight excluding hydrogens is 316 g/mol. The lowest BCUT2D eigenvalue weighted by molar-refractivity contribution is 0.320. The third kappa shape index (κ3) is 2.77. The summed E-state index contributed by atoms with van der Waals surface area (Å²) in [5.41, 5.74) is 6.58. The lowest BCUT2D eigenvalue weighted by atomic mass is 10.1. The van der Waals surface area contributed by atoms with Crippen LogP contribution in [0.15, 0.2) is 27.6 Å². The minimum absolute atomic E-state index is 0.125. The highest BCUT2D eigenvalue weighted by Gasteiger charge is 2.29. The molecule has 1 aliphatic rings. The molecule has 0 radical (unpaired) electrons. The molecule has 0 saturated carbocycles. The highest BCUT2D eigenvalue weighted by molar-refractivity contribution is 9.10. The number of hydrogen-bond donors (Lipinski definition) is 1. The molecule has 2 N–H and O–H groups in total. The van der Waals surface area contributed by atoms with E-state index in [4.69, 9.17) is 5.73 Å². The second-order valence-electron chi connectivity index (χ2n) is 4.65. The van der Waals surface area contributed by atoms with Crippen LogP contribution < -0.4 is 5.73 Å². The van der Waals surface area contributed by atoms with Crippen LogP contribution in [0.2, 0.25) is 0 Å². The van der Waals surface area contributed by atoms with E-state index in [1.807, 2.05) is 19.1 Å². The summed E-state index contributed by atoms with van der Waals surface area (Å²) in [5.74, 6) is 0. The molecule has 0 atom stereocenters. The van der Waals surface area contributed by atoms with Gasteiger partial charge in [0.2, 0.25) is 10.0 Å². The first-order chi connectivity index (χ1) is 8.41.